The van der Waals surface area contributed by atoms with Crippen molar-refractivity contribution in [2.24, 2.45) is 5.10 Å². The van der Waals surface area contributed by atoms with Gasteiger partial charge in [-0.05, 0) is 29.3 Å². The zero-order valence-corrected chi connectivity index (χ0v) is 15.4. The quantitative estimate of drug-likeness (QED) is 0.817. The molecular formula is C19H20ClN3O3. The Morgan fingerprint density at radius 1 is 1.19 bits per heavy atom. The van der Waals surface area contributed by atoms with E-state index < -0.39 is 0 Å². The number of anilines is 1. The van der Waals surface area contributed by atoms with Crippen molar-refractivity contribution in [1.29, 1.82) is 0 Å². The van der Waals surface area contributed by atoms with Gasteiger partial charge in [0.05, 0.1) is 32.9 Å². The Balaban J connectivity index is 1.76. The van der Waals surface area contributed by atoms with E-state index in [1.54, 1.807) is 19.2 Å². The fourth-order valence-corrected chi connectivity index (χ4v) is 3.02. The van der Waals surface area contributed by atoms with Crippen LogP contribution in [-0.4, -0.2) is 37.4 Å². The van der Waals surface area contributed by atoms with Gasteiger partial charge in [-0.2, -0.15) is 5.10 Å². The highest BCUT2D eigenvalue weighted by atomic mass is 35.5. The Morgan fingerprint density at radius 2 is 1.85 bits per heavy atom. The fraction of sp³-hybridized carbons (Fsp3) is 0.263. The van der Waals surface area contributed by atoms with Crippen LogP contribution in [0.3, 0.4) is 0 Å². The van der Waals surface area contributed by atoms with Crippen LogP contribution >= 0.6 is 11.6 Å². The smallest absolute Gasteiger partial charge is 0.247 e. The normalized spacial score (nSPS) is 13.5. The van der Waals surface area contributed by atoms with Gasteiger partial charge in [0.1, 0.15) is 0 Å². The highest BCUT2D eigenvalue weighted by molar-refractivity contribution is 6.31. The van der Waals surface area contributed by atoms with E-state index in [4.69, 9.17) is 26.8 Å². The van der Waals surface area contributed by atoms with Crippen LogP contribution in [0.15, 0.2) is 41.5 Å². The first-order chi connectivity index (χ1) is 12.5. The number of nitrogens with zero attached hydrogens (tertiary/aromatic N) is 2. The van der Waals surface area contributed by atoms with Crippen molar-refractivity contribution in [2.75, 3.05) is 26.5 Å². The number of carbonyl (C=O) groups excluding carboxylic acids is 1. The number of nitrogen functional groups attached to an aromatic ring is 1. The first-order valence-electron chi connectivity index (χ1n) is 8.16. The van der Waals surface area contributed by atoms with Crippen molar-refractivity contribution < 1.29 is 14.3 Å². The van der Waals surface area contributed by atoms with E-state index in [-0.39, 0.29) is 12.3 Å². The van der Waals surface area contributed by atoms with Gasteiger partial charge in [-0.3, -0.25) is 4.79 Å². The third-order valence-corrected chi connectivity index (χ3v) is 4.58. The number of ether oxygens (including phenoxy) is 2. The van der Waals surface area contributed by atoms with Gasteiger partial charge >= 0.3 is 0 Å². The molecule has 1 aliphatic heterocycles. The second kappa shape index (κ2) is 7.66. The van der Waals surface area contributed by atoms with Gasteiger partial charge in [-0.1, -0.05) is 23.7 Å². The molecule has 2 N–H and O–H groups in total. The molecule has 2 aromatic carbocycles. The van der Waals surface area contributed by atoms with Crippen LogP contribution in [0.5, 0.6) is 11.5 Å². The molecule has 6 nitrogen and oxygen atoms in total. The average molecular weight is 374 g/mol. The Kier molecular flexibility index (Phi) is 5.32. The SMILES string of the molecule is COc1cc(Cl)c(CC(=O)N2CCC(c3ccc(N)cc3)=N2)cc1OC. The first-order valence-corrected chi connectivity index (χ1v) is 8.53. The number of benzene rings is 2. The lowest BCUT2D eigenvalue weighted by Gasteiger charge is -2.14. The predicted molar refractivity (Wildman–Crippen MR) is 102 cm³/mol. The van der Waals surface area contributed by atoms with Gasteiger partial charge in [-0.25, -0.2) is 5.01 Å². The molecule has 2 aromatic rings. The Morgan fingerprint density at radius 3 is 2.50 bits per heavy atom. The van der Waals surface area contributed by atoms with Crippen molar-refractivity contribution in [1.82, 2.24) is 5.01 Å². The van der Waals surface area contributed by atoms with Crippen molar-refractivity contribution in [3.05, 3.63) is 52.5 Å². The van der Waals surface area contributed by atoms with E-state index in [1.165, 1.54) is 12.1 Å². The largest absolute Gasteiger partial charge is 0.493 e. The summed E-state index contributed by atoms with van der Waals surface area (Å²) in [6.45, 7) is 0.545. The minimum absolute atomic E-state index is 0.121. The lowest BCUT2D eigenvalue weighted by molar-refractivity contribution is -0.130. The predicted octanol–water partition coefficient (Wildman–Crippen LogP) is 3.12. The minimum atomic E-state index is -0.121. The van der Waals surface area contributed by atoms with Gasteiger partial charge in [-0.15, -0.1) is 0 Å². The number of methoxy groups -OCH3 is 2. The van der Waals surface area contributed by atoms with E-state index in [1.807, 2.05) is 24.3 Å². The maximum Gasteiger partial charge on any atom is 0.247 e. The summed E-state index contributed by atoms with van der Waals surface area (Å²) in [5, 5.41) is 6.39. The summed E-state index contributed by atoms with van der Waals surface area (Å²) < 4.78 is 10.5. The molecule has 0 aromatic heterocycles. The Labute approximate surface area is 157 Å². The third kappa shape index (κ3) is 3.75. The molecule has 1 aliphatic rings. The molecule has 0 saturated carbocycles. The number of amides is 1. The van der Waals surface area contributed by atoms with Gasteiger partial charge in [0.2, 0.25) is 5.91 Å². The number of hydrogen-bond donors (Lipinski definition) is 1. The second-order valence-corrected chi connectivity index (χ2v) is 6.32. The summed E-state index contributed by atoms with van der Waals surface area (Å²) in [4.78, 5) is 12.6. The molecule has 0 fully saturated rings. The van der Waals surface area contributed by atoms with Crippen molar-refractivity contribution >= 4 is 28.9 Å². The first kappa shape index (κ1) is 18.1. The topological polar surface area (TPSA) is 77.2 Å². The summed E-state index contributed by atoms with van der Waals surface area (Å²) in [6, 6.07) is 10.8. The molecule has 0 bridgehead atoms. The van der Waals surface area contributed by atoms with E-state index >= 15 is 0 Å². The molecule has 0 atom stereocenters. The molecule has 26 heavy (non-hydrogen) atoms. The number of rotatable bonds is 5. The number of hydrogen-bond acceptors (Lipinski definition) is 5. The van der Waals surface area contributed by atoms with Crippen LogP contribution in [0, 0.1) is 0 Å². The van der Waals surface area contributed by atoms with E-state index in [0.29, 0.717) is 40.7 Å². The van der Waals surface area contributed by atoms with E-state index in [2.05, 4.69) is 5.10 Å². The Bertz CT molecular complexity index is 850. The minimum Gasteiger partial charge on any atom is -0.493 e. The maximum absolute atomic E-state index is 12.6. The van der Waals surface area contributed by atoms with Gasteiger partial charge in [0.25, 0.3) is 0 Å². The van der Waals surface area contributed by atoms with Crippen molar-refractivity contribution in [2.45, 2.75) is 12.8 Å². The standard InChI is InChI=1S/C19H20ClN3O3/c1-25-17-9-13(15(20)11-18(17)26-2)10-19(24)23-8-7-16(22-23)12-3-5-14(21)6-4-12/h3-6,9,11H,7-8,10,21H2,1-2H3. The molecule has 0 spiro atoms. The molecule has 1 amide bonds. The van der Waals surface area contributed by atoms with Gasteiger partial charge in [0.15, 0.2) is 11.5 Å². The van der Waals surface area contributed by atoms with Crippen LogP contribution in [-0.2, 0) is 11.2 Å². The summed E-state index contributed by atoms with van der Waals surface area (Å²) in [7, 11) is 3.08. The monoisotopic (exact) mass is 373 g/mol. The second-order valence-electron chi connectivity index (χ2n) is 5.91. The number of nitrogens with two attached hydrogens (primary N) is 1. The molecule has 3 rings (SSSR count). The van der Waals surface area contributed by atoms with Crippen LogP contribution in [0.25, 0.3) is 0 Å². The summed E-state index contributed by atoms with van der Waals surface area (Å²) in [5.41, 5.74) is 8.92. The van der Waals surface area contributed by atoms with Crippen LogP contribution in [0.4, 0.5) is 5.69 Å². The van der Waals surface area contributed by atoms with E-state index in [9.17, 15) is 4.79 Å². The van der Waals surface area contributed by atoms with Crippen LogP contribution in [0.1, 0.15) is 17.5 Å². The molecule has 0 radical (unpaired) electrons. The zero-order valence-electron chi connectivity index (χ0n) is 14.7. The number of hydrazone groups is 1. The van der Waals surface area contributed by atoms with Crippen LogP contribution in [0.2, 0.25) is 5.02 Å². The van der Waals surface area contributed by atoms with Crippen LogP contribution < -0.4 is 15.2 Å². The summed E-state index contributed by atoms with van der Waals surface area (Å²) in [6.07, 6.45) is 0.840. The van der Waals surface area contributed by atoms with Crippen molar-refractivity contribution in [3.63, 3.8) is 0 Å². The third-order valence-electron chi connectivity index (χ3n) is 4.23. The average Bonchev–Trinajstić information content (AvgIpc) is 3.13. The molecule has 0 saturated heterocycles. The lowest BCUT2D eigenvalue weighted by atomic mass is 10.1. The molecule has 7 heteroatoms. The van der Waals surface area contributed by atoms with Gasteiger partial charge in [0, 0.05) is 23.2 Å². The lowest BCUT2D eigenvalue weighted by Crippen LogP contribution is -2.25. The molecule has 0 aliphatic carbocycles. The highest BCUT2D eigenvalue weighted by Crippen LogP contribution is 2.33. The molecule has 0 unspecified atom stereocenters. The fourth-order valence-electron chi connectivity index (χ4n) is 2.80. The molecule has 1 heterocycles. The highest BCUT2D eigenvalue weighted by Gasteiger charge is 2.23. The molecule has 136 valence electrons. The Hall–Kier alpha value is -2.73. The van der Waals surface area contributed by atoms with Crippen molar-refractivity contribution in [3.8, 4) is 11.5 Å². The van der Waals surface area contributed by atoms with E-state index in [0.717, 1.165) is 11.3 Å². The number of halogens is 1. The molecular weight excluding hydrogens is 354 g/mol. The summed E-state index contributed by atoms with van der Waals surface area (Å²) >= 11 is 6.27. The number of carbonyl (C=O) groups is 1. The summed E-state index contributed by atoms with van der Waals surface area (Å²) in [5.74, 6) is 0.940. The maximum atomic E-state index is 12.6. The van der Waals surface area contributed by atoms with Gasteiger partial charge < -0.3 is 15.2 Å². The zero-order chi connectivity index (χ0) is 18.7.